The van der Waals surface area contributed by atoms with Crippen molar-refractivity contribution < 1.29 is 9.47 Å². The van der Waals surface area contributed by atoms with E-state index in [1.165, 1.54) is 5.56 Å². The molecule has 1 atom stereocenters. The molecule has 20 heavy (non-hydrogen) atoms. The van der Waals surface area contributed by atoms with Crippen molar-refractivity contribution in [1.29, 1.82) is 0 Å². The molecule has 0 radical (unpaired) electrons. The zero-order valence-corrected chi connectivity index (χ0v) is 11.5. The minimum Gasteiger partial charge on any atom is -0.497 e. The Morgan fingerprint density at radius 2 is 2.25 bits per heavy atom. The highest BCUT2D eigenvalue weighted by Gasteiger charge is 2.19. The molecular formula is C14H18N4O2. The van der Waals surface area contributed by atoms with E-state index in [0.717, 1.165) is 31.1 Å². The van der Waals surface area contributed by atoms with Gasteiger partial charge in [-0.1, -0.05) is 17.3 Å². The second-order valence-corrected chi connectivity index (χ2v) is 4.82. The van der Waals surface area contributed by atoms with Gasteiger partial charge in [-0.15, -0.1) is 5.10 Å². The normalized spacial score (nSPS) is 17.8. The molecule has 0 saturated carbocycles. The Labute approximate surface area is 117 Å². The van der Waals surface area contributed by atoms with Crippen LogP contribution >= 0.6 is 0 Å². The van der Waals surface area contributed by atoms with Crippen molar-refractivity contribution in [3.05, 3.63) is 41.7 Å². The predicted molar refractivity (Wildman–Crippen MR) is 73.3 cm³/mol. The average Bonchev–Trinajstić information content (AvgIpc) is 2.95. The predicted octanol–water partition coefficient (Wildman–Crippen LogP) is 0.975. The van der Waals surface area contributed by atoms with Crippen molar-refractivity contribution in [3.63, 3.8) is 0 Å². The molecule has 2 aromatic rings. The molecule has 0 fully saturated rings. The maximum absolute atomic E-state index is 5.75. The van der Waals surface area contributed by atoms with Crippen LogP contribution < -0.4 is 10.1 Å². The number of ether oxygens (including phenoxy) is 2. The van der Waals surface area contributed by atoms with Gasteiger partial charge in [-0.25, -0.2) is 4.68 Å². The Morgan fingerprint density at radius 1 is 1.40 bits per heavy atom. The van der Waals surface area contributed by atoms with E-state index in [1.54, 1.807) is 13.3 Å². The lowest BCUT2D eigenvalue weighted by Gasteiger charge is -2.23. The minimum absolute atomic E-state index is 0.141. The first-order valence-electron chi connectivity index (χ1n) is 6.68. The molecule has 6 nitrogen and oxygen atoms in total. The van der Waals surface area contributed by atoms with Crippen LogP contribution in [0.5, 0.6) is 5.75 Å². The van der Waals surface area contributed by atoms with Crippen molar-refractivity contribution >= 4 is 0 Å². The quantitative estimate of drug-likeness (QED) is 0.880. The highest BCUT2D eigenvalue weighted by Crippen LogP contribution is 2.12. The van der Waals surface area contributed by atoms with Crippen LogP contribution in [0.3, 0.4) is 0 Å². The van der Waals surface area contributed by atoms with Crippen LogP contribution in [0.1, 0.15) is 11.3 Å². The van der Waals surface area contributed by atoms with E-state index in [9.17, 15) is 0 Å². The Bertz CT molecular complexity index is 553. The molecule has 1 aromatic carbocycles. The second kappa shape index (κ2) is 6.02. The first-order chi connectivity index (χ1) is 9.85. The summed E-state index contributed by atoms with van der Waals surface area (Å²) in [5.74, 6) is 0.878. The van der Waals surface area contributed by atoms with E-state index in [4.69, 9.17) is 9.47 Å². The smallest absolute Gasteiger partial charge is 0.118 e. The van der Waals surface area contributed by atoms with Crippen LogP contribution in [0.25, 0.3) is 0 Å². The molecule has 1 N–H and O–H groups in total. The molecule has 3 rings (SSSR count). The number of hydrogen-bond donors (Lipinski definition) is 1. The van der Waals surface area contributed by atoms with E-state index in [1.807, 2.05) is 16.8 Å². The van der Waals surface area contributed by atoms with Gasteiger partial charge >= 0.3 is 0 Å². The van der Waals surface area contributed by atoms with Crippen molar-refractivity contribution in [3.8, 4) is 5.75 Å². The number of nitrogens with one attached hydrogen (secondary N) is 1. The van der Waals surface area contributed by atoms with Gasteiger partial charge < -0.3 is 14.8 Å². The lowest BCUT2D eigenvalue weighted by Crippen LogP contribution is -2.36. The van der Waals surface area contributed by atoms with Gasteiger partial charge in [-0.05, 0) is 17.7 Å². The largest absolute Gasteiger partial charge is 0.497 e. The number of rotatable bonds is 5. The van der Waals surface area contributed by atoms with Crippen LogP contribution in [0, 0.1) is 0 Å². The monoisotopic (exact) mass is 274 g/mol. The highest BCUT2D eigenvalue weighted by atomic mass is 16.5. The molecule has 0 saturated heterocycles. The van der Waals surface area contributed by atoms with Crippen molar-refractivity contribution in [2.45, 2.75) is 25.8 Å². The van der Waals surface area contributed by atoms with Gasteiger partial charge in [0, 0.05) is 13.1 Å². The van der Waals surface area contributed by atoms with Crippen LogP contribution in [0.15, 0.2) is 30.5 Å². The lowest BCUT2D eigenvalue weighted by atomic mass is 10.2. The molecule has 1 aliphatic heterocycles. The van der Waals surface area contributed by atoms with Gasteiger partial charge in [-0.3, -0.25) is 0 Å². The van der Waals surface area contributed by atoms with Gasteiger partial charge in [0.1, 0.15) is 5.75 Å². The highest BCUT2D eigenvalue weighted by molar-refractivity contribution is 5.26. The topological polar surface area (TPSA) is 61.2 Å². The Morgan fingerprint density at radius 3 is 3.05 bits per heavy atom. The van der Waals surface area contributed by atoms with E-state index >= 15 is 0 Å². The van der Waals surface area contributed by atoms with Crippen LogP contribution in [0.4, 0.5) is 0 Å². The zero-order valence-electron chi connectivity index (χ0n) is 11.5. The summed E-state index contributed by atoms with van der Waals surface area (Å²) in [6.45, 7) is 2.95. The molecule has 0 spiro atoms. The summed E-state index contributed by atoms with van der Waals surface area (Å²) in [7, 11) is 1.67. The summed E-state index contributed by atoms with van der Waals surface area (Å²) in [5.41, 5.74) is 2.26. The fraction of sp³-hybridized carbons (Fsp3) is 0.429. The van der Waals surface area contributed by atoms with Crippen molar-refractivity contribution in [1.82, 2.24) is 20.3 Å². The van der Waals surface area contributed by atoms with Crippen molar-refractivity contribution in [2.75, 3.05) is 13.7 Å². The van der Waals surface area contributed by atoms with Crippen molar-refractivity contribution in [2.24, 2.45) is 0 Å². The Kier molecular flexibility index (Phi) is 3.94. The number of fused-ring (bicyclic) bond motifs is 1. The molecular weight excluding hydrogens is 256 g/mol. The third-order valence-corrected chi connectivity index (χ3v) is 3.40. The number of benzene rings is 1. The third kappa shape index (κ3) is 2.97. The van der Waals surface area contributed by atoms with Gasteiger partial charge in [0.2, 0.25) is 0 Å². The van der Waals surface area contributed by atoms with Gasteiger partial charge in [-0.2, -0.15) is 0 Å². The average molecular weight is 274 g/mol. The maximum Gasteiger partial charge on any atom is 0.118 e. The fourth-order valence-electron chi connectivity index (χ4n) is 2.24. The van der Waals surface area contributed by atoms with E-state index < -0.39 is 0 Å². The molecule has 6 heteroatoms. The minimum atomic E-state index is 0.141. The Balaban J connectivity index is 1.46. The molecule has 1 aliphatic rings. The molecule has 106 valence electrons. The lowest BCUT2D eigenvalue weighted by molar-refractivity contribution is 0.000980. The standard InChI is InChI=1S/C14H18N4O2/c1-19-13-4-2-11(3-5-13)6-15-8-14-9-18-12(10-20-14)7-16-17-18/h2-5,7,14-15H,6,8-10H2,1H3/t14-/m0/s1. The summed E-state index contributed by atoms with van der Waals surface area (Å²) in [5, 5.41) is 11.3. The number of nitrogens with zero attached hydrogens (tertiary/aromatic N) is 3. The molecule has 1 aromatic heterocycles. The first-order valence-corrected chi connectivity index (χ1v) is 6.68. The summed E-state index contributed by atoms with van der Waals surface area (Å²) in [6, 6.07) is 8.05. The fourth-order valence-corrected chi connectivity index (χ4v) is 2.24. The van der Waals surface area contributed by atoms with E-state index in [-0.39, 0.29) is 6.10 Å². The second-order valence-electron chi connectivity index (χ2n) is 4.82. The maximum atomic E-state index is 5.75. The summed E-state index contributed by atoms with van der Waals surface area (Å²) < 4.78 is 12.8. The zero-order chi connectivity index (χ0) is 13.8. The Hall–Kier alpha value is -1.92. The van der Waals surface area contributed by atoms with Gasteiger partial charge in [0.15, 0.2) is 0 Å². The van der Waals surface area contributed by atoms with Crippen LogP contribution in [0.2, 0.25) is 0 Å². The molecule has 0 unspecified atom stereocenters. The number of hydrogen-bond acceptors (Lipinski definition) is 5. The SMILES string of the molecule is COc1ccc(CNC[C@H]2Cn3nncc3CO2)cc1. The number of aromatic nitrogens is 3. The molecule has 2 heterocycles. The molecule has 0 aliphatic carbocycles. The molecule has 0 amide bonds. The van der Waals surface area contributed by atoms with Crippen LogP contribution in [-0.4, -0.2) is 34.8 Å². The van der Waals surface area contributed by atoms with Gasteiger partial charge in [0.25, 0.3) is 0 Å². The van der Waals surface area contributed by atoms with Gasteiger partial charge in [0.05, 0.1) is 38.3 Å². The molecule has 0 bridgehead atoms. The van der Waals surface area contributed by atoms with Crippen LogP contribution in [-0.2, 0) is 24.4 Å². The third-order valence-electron chi connectivity index (χ3n) is 3.40. The van der Waals surface area contributed by atoms with E-state index in [2.05, 4.69) is 27.8 Å². The summed E-state index contributed by atoms with van der Waals surface area (Å²) in [4.78, 5) is 0. The summed E-state index contributed by atoms with van der Waals surface area (Å²) >= 11 is 0. The number of methoxy groups -OCH3 is 1. The first kappa shape index (κ1) is 13.1. The summed E-state index contributed by atoms with van der Waals surface area (Å²) in [6.07, 6.45) is 1.89. The van der Waals surface area contributed by atoms with E-state index in [0.29, 0.717) is 6.61 Å².